The first kappa shape index (κ1) is 32.0. The summed E-state index contributed by atoms with van der Waals surface area (Å²) in [6, 6.07) is 11.8. The van der Waals surface area contributed by atoms with Gasteiger partial charge in [-0.25, -0.2) is 4.39 Å². The van der Waals surface area contributed by atoms with Gasteiger partial charge in [-0.15, -0.1) is 0 Å². The third-order valence-corrected chi connectivity index (χ3v) is 10.1. The Morgan fingerprint density at radius 3 is 2.76 bits per heavy atom. The van der Waals surface area contributed by atoms with Crippen LogP contribution in [-0.4, -0.2) is 84.1 Å². The van der Waals surface area contributed by atoms with Gasteiger partial charge in [0.25, 0.3) is 0 Å². The van der Waals surface area contributed by atoms with Crippen LogP contribution in [0.3, 0.4) is 0 Å². The number of carbonyl (C=O) groups is 1. The van der Waals surface area contributed by atoms with Crippen LogP contribution in [0.5, 0.6) is 6.01 Å². The second kappa shape index (κ2) is 13.0. The molecule has 1 amide bonds. The maximum Gasteiger partial charge on any atom is 0.318 e. The van der Waals surface area contributed by atoms with Crippen LogP contribution in [-0.2, 0) is 17.8 Å². The average molecular weight is 646 g/mol. The van der Waals surface area contributed by atoms with Crippen molar-refractivity contribution in [1.82, 2.24) is 19.8 Å². The van der Waals surface area contributed by atoms with E-state index in [4.69, 9.17) is 26.3 Å². The largest absolute Gasteiger partial charge is 0.463 e. The van der Waals surface area contributed by atoms with Crippen molar-refractivity contribution in [2.24, 2.45) is 5.41 Å². The number of aromatic nitrogens is 2. The number of anilines is 2. The molecular weight excluding hydrogens is 605 g/mol. The van der Waals surface area contributed by atoms with Crippen molar-refractivity contribution < 1.29 is 13.9 Å². The van der Waals surface area contributed by atoms with E-state index in [1.807, 2.05) is 18.2 Å². The molecule has 6 rings (SSSR count). The number of fused-ring (bicyclic) bond motifs is 2. The van der Waals surface area contributed by atoms with E-state index in [1.165, 1.54) is 12.1 Å². The molecule has 1 aromatic heterocycles. The molecule has 0 radical (unpaired) electrons. The van der Waals surface area contributed by atoms with Crippen LogP contribution in [0.15, 0.2) is 43.0 Å². The van der Waals surface area contributed by atoms with E-state index in [0.29, 0.717) is 63.2 Å². The fraction of sp³-hybridized carbons (Fsp3) is 0.486. The van der Waals surface area contributed by atoms with E-state index in [1.54, 1.807) is 11.0 Å². The Balaban J connectivity index is 1.34. The lowest BCUT2D eigenvalue weighted by atomic mass is 10.0. The zero-order valence-electron chi connectivity index (χ0n) is 26.8. The van der Waals surface area contributed by atoms with Gasteiger partial charge in [0.05, 0.1) is 42.4 Å². The summed E-state index contributed by atoms with van der Waals surface area (Å²) in [5.41, 5.74) is 2.82. The molecule has 0 spiro atoms. The minimum Gasteiger partial charge on any atom is -0.463 e. The number of amides is 1. The molecule has 2 fully saturated rings. The van der Waals surface area contributed by atoms with Crippen LogP contribution in [0.4, 0.5) is 15.9 Å². The molecule has 2 aliphatic heterocycles. The predicted octanol–water partition coefficient (Wildman–Crippen LogP) is 5.60. The molecule has 3 aromatic rings. The third-order valence-electron chi connectivity index (χ3n) is 9.77. The van der Waals surface area contributed by atoms with Crippen molar-refractivity contribution in [3.63, 3.8) is 0 Å². The van der Waals surface area contributed by atoms with Crippen molar-refractivity contribution >= 4 is 39.8 Å². The van der Waals surface area contributed by atoms with E-state index >= 15 is 0 Å². The number of nitriles is 1. The summed E-state index contributed by atoms with van der Waals surface area (Å²) < 4.78 is 21.0. The lowest BCUT2D eigenvalue weighted by Gasteiger charge is -2.42. The van der Waals surface area contributed by atoms with Crippen LogP contribution in [0.1, 0.15) is 44.4 Å². The van der Waals surface area contributed by atoms with Gasteiger partial charge in [0, 0.05) is 60.8 Å². The first-order valence-corrected chi connectivity index (χ1v) is 16.4. The average Bonchev–Trinajstić information content (AvgIpc) is 3.83. The molecule has 0 bridgehead atoms. The molecule has 3 heterocycles. The second-order valence-electron chi connectivity index (χ2n) is 13.2. The SMILES string of the molecule is C=CC(=O)N1CCN(c2nc(OCC3(CN(C)C(C)C)CC3)nc3c2CCN(c2cccc4ccc(F)c(Cl)c24)C3)CC1CC#N. The summed E-state index contributed by atoms with van der Waals surface area (Å²) >= 11 is 6.52. The normalized spacial score (nSPS) is 18.9. The number of hydrogen-bond acceptors (Lipinski definition) is 8. The summed E-state index contributed by atoms with van der Waals surface area (Å²) in [6.45, 7) is 12.2. The Bertz CT molecular complexity index is 1690. The molecule has 9 nitrogen and oxygen atoms in total. The maximum atomic E-state index is 14.6. The number of hydrogen-bond donors (Lipinski definition) is 0. The number of carbonyl (C=O) groups excluding carboxylic acids is 1. The van der Waals surface area contributed by atoms with Crippen molar-refractivity contribution in [2.45, 2.75) is 58.2 Å². The summed E-state index contributed by atoms with van der Waals surface area (Å²) in [5.74, 6) is 0.174. The topological polar surface area (TPSA) is 88.8 Å². The third kappa shape index (κ3) is 6.36. The van der Waals surface area contributed by atoms with Crippen molar-refractivity contribution in [3.05, 3.63) is 65.1 Å². The molecule has 3 aliphatic rings. The molecule has 11 heteroatoms. The van der Waals surface area contributed by atoms with Gasteiger partial charge in [-0.2, -0.15) is 15.2 Å². The van der Waals surface area contributed by atoms with Crippen LogP contribution in [0, 0.1) is 22.6 Å². The quantitative estimate of drug-likeness (QED) is 0.263. The monoisotopic (exact) mass is 645 g/mol. The van der Waals surface area contributed by atoms with Gasteiger partial charge < -0.3 is 24.3 Å². The lowest BCUT2D eigenvalue weighted by Crippen LogP contribution is -2.55. The van der Waals surface area contributed by atoms with Crippen LogP contribution in [0.25, 0.3) is 10.8 Å². The lowest BCUT2D eigenvalue weighted by molar-refractivity contribution is -0.128. The van der Waals surface area contributed by atoms with Crippen LogP contribution in [0.2, 0.25) is 5.02 Å². The van der Waals surface area contributed by atoms with Gasteiger partial charge in [0.15, 0.2) is 0 Å². The van der Waals surface area contributed by atoms with Crippen molar-refractivity contribution in [2.75, 3.05) is 56.2 Å². The number of nitrogens with zero attached hydrogens (tertiary/aromatic N) is 7. The first-order valence-electron chi connectivity index (χ1n) is 16.0. The fourth-order valence-electron chi connectivity index (χ4n) is 6.66. The van der Waals surface area contributed by atoms with Gasteiger partial charge in [-0.1, -0.05) is 36.4 Å². The first-order chi connectivity index (χ1) is 22.1. The van der Waals surface area contributed by atoms with E-state index in [2.05, 4.69) is 48.2 Å². The number of ether oxygens (including phenoxy) is 1. The minimum atomic E-state index is -0.447. The number of rotatable bonds is 10. The molecule has 1 saturated heterocycles. The van der Waals surface area contributed by atoms with E-state index in [9.17, 15) is 14.4 Å². The van der Waals surface area contributed by atoms with Gasteiger partial charge >= 0.3 is 6.01 Å². The molecule has 1 atom stereocenters. The highest BCUT2D eigenvalue weighted by Gasteiger charge is 2.45. The zero-order chi connectivity index (χ0) is 32.6. The molecule has 2 aromatic carbocycles. The summed E-state index contributed by atoms with van der Waals surface area (Å²) in [7, 11) is 2.15. The minimum absolute atomic E-state index is 0.0861. The number of benzene rings is 2. The molecule has 1 aliphatic carbocycles. The Morgan fingerprint density at radius 2 is 2.04 bits per heavy atom. The van der Waals surface area contributed by atoms with Gasteiger partial charge in [0.2, 0.25) is 5.91 Å². The highest BCUT2D eigenvalue weighted by atomic mass is 35.5. The van der Waals surface area contributed by atoms with Gasteiger partial charge in [-0.3, -0.25) is 4.79 Å². The highest BCUT2D eigenvalue weighted by molar-refractivity contribution is 6.36. The molecular formula is C35H41ClFN7O2. The Morgan fingerprint density at radius 1 is 1.24 bits per heavy atom. The fourth-order valence-corrected chi connectivity index (χ4v) is 6.93. The summed E-state index contributed by atoms with van der Waals surface area (Å²) in [4.78, 5) is 31.0. The molecule has 1 unspecified atom stereocenters. The standard InChI is InChI=1S/C35H41ClFN7O2/c1-5-30(45)44-18-17-43(19-25(44)11-15-38)33-26-12-16-42(29-8-6-7-24-9-10-27(37)32(36)31(24)29)20-28(26)39-34(40-33)46-22-35(13-14-35)21-41(4)23(2)3/h5-10,23,25H,1,11-14,16-22H2,2-4H3. The van der Waals surface area contributed by atoms with E-state index in [-0.39, 0.29) is 28.8 Å². The van der Waals surface area contributed by atoms with Gasteiger partial charge in [-0.05, 0) is 63.8 Å². The van der Waals surface area contributed by atoms with E-state index < -0.39 is 5.82 Å². The molecule has 46 heavy (non-hydrogen) atoms. The predicted molar refractivity (Wildman–Crippen MR) is 179 cm³/mol. The van der Waals surface area contributed by atoms with E-state index in [0.717, 1.165) is 47.5 Å². The molecule has 1 saturated carbocycles. The smallest absolute Gasteiger partial charge is 0.318 e. The summed E-state index contributed by atoms with van der Waals surface area (Å²) in [5, 5.41) is 11.2. The Hall–Kier alpha value is -3.94. The highest BCUT2D eigenvalue weighted by Crippen LogP contribution is 2.47. The van der Waals surface area contributed by atoms with Gasteiger partial charge in [0.1, 0.15) is 11.6 Å². The second-order valence-corrected chi connectivity index (χ2v) is 13.5. The van der Waals surface area contributed by atoms with Crippen LogP contribution < -0.4 is 14.5 Å². The Labute approximate surface area is 275 Å². The Kier molecular flexibility index (Phi) is 9.08. The molecule has 0 N–H and O–H groups in total. The van der Waals surface area contributed by atoms with Crippen molar-refractivity contribution in [1.29, 1.82) is 5.26 Å². The number of piperazine rings is 1. The zero-order valence-corrected chi connectivity index (χ0v) is 27.6. The molecule has 242 valence electrons. The van der Waals surface area contributed by atoms with Crippen molar-refractivity contribution in [3.8, 4) is 12.1 Å². The number of halogens is 2. The maximum absolute atomic E-state index is 14.6. The van der Waals surface area contributed by atoms with Crippen LogP contribution >= 0.6 is 11.6 Å². The summed E-state index contributed by atoms with van der Waals surface area (Å²) in [6.07, 6.45) is 4.38.